The molecule has 0 radical (unpaired) electrons. The topological polar surface area (TPSA) is 410 Å². The van der Waals surface area contributed by atoms with Crippen LogP contribution in [0.2, 0.25) is 0 Å². The van der Waals surface area contributed by atoms with Crippen molar-refractivity contribution in [2.24, 2.45) is 0 Å². The van der Waals surface area contributed by atoms with Crippen molar-refractivity contribution in [2.75, 3.05) is 16.4 Å². The summed E-state index contributed by atoms with van der Waals surface area (Å²) in [5.41, 5.74) is 3.11. The third-order valence-electron chi connectivity index (χ3n) is 7.71. The van der Waals surface area contributed by atoms with E-state index in [9.17, 15) is 87.4 Å². The standard InChI is InChI=1S/C28H21N3O20S6/c29-14-6-12(27(32)30-19-1-3-21(54(40,41)42)17-8-15(52(34,35)36)10-23(25(17)19)56(46,47)48)5-13(7-14)28(33)31-20-2-4-22(55(43,44)45)18-9-16(53(37,38)39)11-24(26(18)20)57(49,50)51/h1-11H,29H2,(H,30,32)(H,31,33)(H,34,35,36)(H,37,38,39)(H,40,41,42)(H,43,44,45)(H,46,47,48)(H,49,50,51). The summed E-state index contributed by atoms with van der Waals surface area (Å²) >= 11 is 0. The maximum Gasteiger partial charge on any atom is 0.295 e. The predicted molar refractivity (Wildman–Crippen MR) is 194 cm³/mol. The number of rotatable bonds is 10. The van der Waals surface area contributed by atoms with Crippen LogP contribution in [0.1, 0.15) is 20.7 Å². The molecule has 5 aromatic rings. The van der Waals surface area contributed by atoms with Crippen molar-refractivity contribution in [1.82, 2.24) is 0 Å². The van der Waals surface area contributed by atoms with Crippen LogP contribution in [0.25, 0.3) is 21.5 Å². The average Bonchev–Trinajstić information content (AvgIpc) is 3.04. The summed E-state index contributed by atoms with van der Waals surface area (Å²) in [6.07, 6.45) is 0. The van der Waals surface area contributed by atoms with E-state index in [0.29, 0.717) is 36.4 Å². The lowest BCUT2D eigenvalue weighted by Crippen LogP contribution is -2.18. The van der Waals surface area contributed by atoms with Crippen LogP contribution in [0.3, 0.4) is 0 Å². The van der Waals surface area contributed by atoms with Crippen molar-refractivity contribution in [3.05, 3.63) is 77.9 Å². The molecule has 10 N–H and O–H groups in total. The molecule has 0 saturated carbocycles. The Morgan fingerprint density at radius 3 is 1.02 bits per heavy atom. The van der Waals surface area contributed by atoms with Gasteiger partial charge in [-0.05, 0) is 66.7 Å². The van der Waals surface area contributed by atoms with Crippen LogP contribution in [0.5, 0.6) is 0 Å². The number of amides is 2. The lowest BCUT2D eigenvalue weighted by Gasteiger charge is -2.16. The van der Waals surface area contributed by atoms with Crippen molar-refractivity contribution < 1.29 is 87.4 Å². The SMILES string of the molecule is Nc1cc(C(=O)Nc2ccc(S(=O)(=O)O)c3cc(S(=O)(=O)O)cc(S(=O)(=O)O)c23)cc(C(=O)Nc2ccc(S(=O)(=O)O)c3cc(S(=O)(=O)O)cc(S(=O)(=O)O)c23)c1. The van der Waals surface area contributed by atoms with Gasteiger partial charge < -0.3 is 16.4 Å². The summed E-state index contributed by atoms with van der Waals surface area (Å²) in [5, 5.41) is 0.611. The van der Waals surface area contributed by atoms with Gasteiger partial charge in [0.2, 0.25) is 0 Å². The van der Waals surface area contributed by atoms with Gasteiger partial charge in [0.05, 0.1) is 21.2 Å². The Bertz CT molecular complexity index is 3110. The van der Waals surface area contributed by atoms with Gasteiger partial charge in [-0.1, -0.05) is 0 Å². The van der Waals surface area contributed by atoms with Crippen LogP contribution in [-0.2, 0) is 60.7 Å². The minimum atomic E-state index is -5.52. The molecule has 0 unspecified atom stereocenters. The molecule has 5 rings (SSSR count). The summed E-state index contributed by atoms with van der Waals surface area (Å²) in [6.45, 7) is 0. The lowest BCUT2D eigenvalue weighted by atomic mass is 10.1. The second kappa shape index (κ2) is 14.0. The highest BCUT2D eigenvalue weighted by molar-refractivity contribution is 7.88. The number of nitrogens with one attached hydrogen (secondary N) is 2. The summed E-state index contributed by atoms with van der Waals surface area (Å²) in [5.74, 6) is -2.54. The highest BCUT2D eigenvalue weighted by Gasteiger charge is 2.29. The molecule has 29 heteroatoms. The molecule has 0 fully saturated rings. The van der Waals surface area contributed by atoms with Crippen molar-refractivity contribution >= 4 is 111 Å². The lowest BCUT2D eigenvalue weighted by molar-refractivity contribution is 0.102. The Kier molecular flexibility index (Phi) is 10.6. The molecule has 0 spiro atoms. The van der Waals surface area contributed by atoms with E-state index in [2.05, 4.69) is 10.6 Å². The van der Waals surface area contributed by atoms with Gasteiger partial charge in [-0.15, -0.1) is 0 Å². The molecule has 0 aliphatic heterocycles. The van der Waals surface area contributed by atoms with Gasteiger partial charge in [0, 0.05) is 38.4 Å². The monoisotopic (exact) mass is 911 g/mol. The Morgan fingerprint density at radius 1 is 0.421 bits per heavy atom. The van der Waals surface area contributed by atoms with E-state index < -0.39 is 146 Å². The smallest absolute Gasteiger partial charge is 0.295 e. The van der Waals surface area contributed by atoms with Gasteiger partial charge in [0.15, 0.2) is 0 Å². The van der Waals surface area contributed by atoms with Gasteiger partial charge in [-0.2, -0.15) is 50.5 Å². The van der Waals surface area contributed by atoms with Gasteiger partial charge in [-0.3, -0.25) is 36.9 Å². The number of nitrogen functional groups attached to an aromatic ring is 1. The quantitative estimate of drug-likeness (QED) is 0.0709. The molecule has 0 saturated heterocycles. The number of fused-ring (bicyclic) bond motifs is 2. The van der Waals surface area contributed by atoms with Crippen molar-refractivity contribution in [2.45, 2.75) is 29.4 Å². The zero-order chi connectivity index (χ0) is 43.0. The Morgan fingerprint density at radius 2 is 0.737 bits per heavy atom. The Labute approximate surface area is 320 Å². The molecule has 0 aromatic heterocycles. The molecule has 2 amide bonds. The first kappa shape index (κ1) is 43.0. The molecular formula is C28H21N3O20S6. The van der Waals surface area contributed by atoms with E-state index >= 15 is 0 Å². The van der Waals surface area contributed by atoms with E-state index in [4.69, 9.17) is 5.73 Å². The zero-order valence-corrected chi connectivity index (χ0v) is 32.2. The van der Waals surface area contributed by atoms with E-state index in [1.165, 1.54) is 0 Å². The second-order valence-corrected chi connectivity index (χ2v) is 19.9. The number of carbonyl (C=O) groups is 2. The van der Waals surface area contributed by atoms with E-state index in [0.717, 1.165) is 18.2 Å². The van der Waals surface area contributed by atoms with Crippen LogP contribution in [0.4, 0.5) is 17.1 Å². The first-order chi connectivity index (χ1) is 25.8. The van der Waals surface area contributed by atoms with Gasteiger partial charge in [-0.25, -0.2) is 0 Å². The molecule has 0 atom stereocenters. The molecular weight excluding hydrogens is 891 g/mol. The highest BCUT2D eigenvalue weighted by Crippen LogP contribution is 2.39. The summed E-state index contributed by atoms with van der Waals surface area (Å²) < 4.78 is 204. The molecule has 0 heterocycles. The number of benzene rings is 5. The zero-order valence-electron chi connectivity index (χ0n) is 27.3. The highest BCUT2D eigenvalue weighted by atomic mass is 32.2. The number of carbonyl (C=O) groups excluding carboxylic acids is 2. The second-order valence-electron chi connectivity index (χ2n) is 11.5. The Hall–Kier alpha value is -5.18. The first-order valence-corrected chi connectivity index (χ1v) is 23.0. The number of anilines is 3. The number of hydrogen-bond donors (Lipinski definition) is 9. The van der Waals surface area contributed by atoms with Crippen LogP contribution >= 0.6 is 0 Å². The fraction of sp³-hybridized carbons (Fsp3) is 0. The average molecular weight is 912 g/mol. The van der Waals surface area contributed by atoms with Gasteiger partial charge in [0.1, 0.15) is 19.6 Å². The normalized spacial score (nSPS) is 13.1. The van der Waals surface area contributed by atoms with E-state index in [1.54, 1.807) is 0 Å². The Balaban J connectivity index is 1.65. The maximum atomic E-state index is 13.5. The molecule has 57 heavy (non-hydrogen) atoms. The van der Waals surface area contributed by atoms with Crippen LogP contribution in [0, 0.1) is 0 Å². The minimum Gasteiger partial charge on any atom is -0.399 e. The fourth-order valence-electron chi connectivity index (χ4n) is 5.45. The van der Waals surface area contributed by atoms with Crippen LogP contribution < -0.4 is 16.4 Å². The summed E-state index contributed by atoms with van der Waals surface area (Å²) in [7, 11) is -32.2. The van der Waals surface area contributed by atoms with Gasteiger partial charge in [0.25, 0.3) is 72.5 Å². The molecule has 0 aliphatic carbocycles. The maximum absolute atomic E-state index is 13.5. The van der Waals surface area contributed by atoms with E-state index in [-0.39, 0.29) is 17.8 Å². The fourth-order valence-corrected chi connectivity index (χ4v) is 9.54. The molecule has 23 nitrogen and oxygen atoms in total. The molecule has 5 aromatic carbocycles. The van der Waals surface area contributed by atoms with Crippen molar-refractivity contribution in [3.63, 3.8) is 0 Å². The van der Waals surface area contributed by atoms with Crippen LogP contribution in [-0.4, -0.2) is 89.6 Å². The minimum absolute atomic E-state index is 0.211. The first-order valence-electron chi connectivity index (χ1n) is 14.4. The van der Waals surface area contributed by atoms with Gasteiger partial charge >= 0.3 is 0 Å². The predicted octanol–water partition coefficient (Wildman–Crippen LogP) is 1.56. The van der Waals surface area contributed by atoms with E-state index in [1.807, 2.05) is 0 Å². The molecule has 0 aliphatic rings. The number of nitrogens with two attached hydrogens (primary N) is 1. The number of hydrogen-bond acceptors (Lipinski definition) is 15. The third-order valence-corrected chi connectivity index (χ3v) is 12.9. The molecule has 0 bridgehead atoms. The molecule has 304 valence electrons. The largest absolute Gasteiger partial charge is 0.399 e. The third kappa shape index (κ3) is 8.88. The van der Waals surface area contributed by atoms with Crippen LogP contribution in [0.15, 0.2) is 96.1 Å². The summed E-state index contributed by atoms with van der Waals surface area (Å²) in [6, 6.07) is 6.52. The van der Waals surface area contributed by atoms with Crippen molar-refractivity contribution in [1.29, 1.82) is 0 Å². The summed E-state index contributed by atoms with van der Waals surface area (Å²) in [4.78, 5) is 19.5. The van der Waals surface area contributed by atoms with Crippen molar-refractivity contribution in [3.8, 4) is 0 Å².